The first kappa shape index (κ1) is 23.8. The van der Waals surface area contributed by atoms with Crippen molar-refractivity contribution in [3.8, 4) is 0 Å². The number of fused-ring (bicyclic) bond motifs is 1. The summed E-state index contributed by atoms with van der Waals surface area (Å²) in [4.78, 5) is 25.6. The fraction of sp³-hybridized carbons (Fsp3) is 0.692. The second kappa shape index (κ2) is 8.93. The normalized spacial score (nSPS) is 34.4. The summed E-state index contributed by atoms with van der Waals surface area (Å²) in [7, 11) is 0. The molecule has 2 amide bonds. The fourth-order valence-electron chi connectivity index (χ4n) is 6.02. The second-order valence-corrected chi connectivity index (χ2v) is 11.2. The molecule has 0 aliphatic heterocycles. The Labute approximate surface area is 187 Å². The minimum Gasteiger partial charge on any atom is -0.392 e. The minimum atomic E-state index is -0.550. The van der Waals surface area contributed by atoms with Gasteiger partial charge in [-0.15, -0.1) is 0 Å². The van der Waals surface area contributed by atoms with Gasteiger partial charge in [0.1, 0.15) is 0 Å². The average molecular weight is 429 g/mol. The van der Waals surface area contributed by atoms with E-state index in [1.54, 1.807) is 0 Å². The highest BCUT2D eigenvalue weighted by Crippen LogP contribution is 2.55. The van der Waals surface area contributed by atoms with Gasteiger partial charge < -0.3 is 15.7 Å². The van der Waals surface area contributed by atoms with Gasteiger partial charge in [-0.05, 0) is 81.8 Å². The van der Waals surface area contributed by atoms with E-state index in [0.717, 1.165) is 25.7 Å². The summed E-state index contributed by atoms with van der Waals surface area (Å²) in [6.45, 7) is 12.3. The molecular weight excluding hydrogens is 388 g/mol. The summed E-state index contributed by atoms with van der Waals surface area (Å²) < 4.78 is 0. The van der Waals surface area contributed by atoms with Crippen LogP contribution in [0, 0.1) is 29.1 Å². The standard InChI is InChI=1S/C26H40N2O3/c1-16(23(30)28-25(3,4)5)19-12-14-26(6)15-13-20(17(2)21(26)22(19)29)27-24(31)18-10-8-7-9-11-18/h7-11,16-17,19-22,29H,12-15H2,1-6H3,(H,27,31)(H,28,30)/t16-,17+,19?,20-,21+,22-,26-/m0/s1. The van der Waals surface area contributed by atoms with E-state index in [0.29, 0.717) is 5.56 Å². The van der Waals surface area contributed by atoms with Gasteiger partial charge in [-0.1, -0.05) is 39.0 Å². The molecule has 0 bridgehead atoms. The lowest BCUT2D eigenvalue weighted by molar-refractivity contribution is -0.143. The van der Waals surface area contributed by atoms with Crippen LogP contribution >= 0.6 is 0 Å². The summed E-state index contributed by atoms with van der Waals surface area (Å²) in [5.74, 6) is -0.150. The van der Waals surface area contributed by atoms with Gasteiger partial charge in [0, 0.05) is 23.1 Å². The highest BCUT2D eigenvalue weighted by Gasteiger charge is 2.54. The molecule has 172 valence electrons. The Morgan fingerprint density at radius 2 is 1.74 bits per heavy atom. The minimum absolute atomic E-state index is 0.0116. The quantitative estimate of drug-likeness (QED) is 0.674. The number of nitrogens with one attached hydrogen (secondary N) is 2. The molecule has 7 atom stereocenters. The van der Waals surface area contributed by atoms with Crippen molar-refractivity contribution < 1.29 is 14.7 Å². The van der Waals surface area contributed by atoms with E-state index in [1.807, 2.05) is 58.0 Å². The van der Waals surface area contributed by atoms with Gasteiger partial charge in [0.25, 0.3) is 5.91 Å². The lowest BCUT2D eigenvalue weighted by Crippen LogP contribution is -2.59. The molecule has 1 aromatic rings. The number of hydrogen-bond donors (Lipinski definition) is 3. The zero-order valence-corrected chi connectivity index (χ0v) is 19.9. The number of aliphatic hydroxyl groups is 1. The molecule has 3 N–H and O–H groups in total. The third-order valence-corrected chi connectivity index (χ3v) is 7.79. The number of hydrogen-bond acceptors (Lipinski definition) is 3. The lowest BCUT2D eigenvalue weighted by Gasteiger charge is -2.56. The van der Waals surface area contributed by atoms with E-state index in [-0.39, 0.29) is 52.5 Å². The van der Waals surface area contributed by atoms with Crippen LogP contribution in [-0.2, 0) is 4.79 Å². The maximum Gasteiger partial charge on any atom is 0.251 e. The van der Waals surface area contributed by atoms with Gasteiger partial charge in [-0.3, -0.25) is 9.59 Å². The fourth-order valence-corrected chi connectivity index (χ4v) is 6.02. The topological polar surface area (TPSA) is 78.4 Å². The van der Waals surface area contributed by atoms with Crippen molar-refractivity contribution in [1.29, 1.82) is 0 Å². The molecule has 3 rings (SSSR count). The number of carbonyl (C=O) groups excluding carboxylic acids is 2. The molecule has 0 radical (unpaired) electrons. The van der Waals surface area contributed by atoms with E-state index in [4.69, 9.17) is 0 Å². The van der Waals surface area contributed by atoms with Crippen molar-refractivity contribution in [3.63, 3.8) is 0 Å². The predicted molar refractivity (Wildman–Crippen MR) is 123 cm³/mol. The maximum absolute atomic E-state index is 12.8. The van der Waals surface area contributed by atoms with Crippen molar-refractivity contribution in [2.24, 2.45) is 29.1 Å². The number of benzene rings is 1. The van der Waals surface area contributed by atoms with E-state index in [9.17, 15) is 14.7 Å². The van der Waals surface area contributed by atoms with Crippen LogP contribution in [0.1, 0.15) is 77.6 Å². The van der Waals surface area contributed by atoms with E-state index in [1.165, 1.54) is 0 Å². The summed E-state index contributed by atoms with van der Waals surface area (Å²) in [5, 5.41) is 17.8. The zero-order chi connectivity index (χ0) is 23.0. The average Bonchev–Trinajstić information content (AvgIpc) is 2.69. The Bertz CT molecular complexity index is 788. The van der Waals surface area contributed by atoms with Gasteiger partial charge in [0.15, 0.2) is 0 Å². The molecule has 5 heteroatoms. The summed E-state index contributed by atoms with van der Waals surface area (Å²) >= 11 is 0. The largest absolute Gasteiger partial charge is 0.392 e. The number of rotatable bonds is 4. The van der Waals surface area contributed by atoms with Crippen LogP contribution in [0.15, 0.2) is 30.3 Å². The Balaban J connectivity index is 1.74. The molecule has 2 aliphatic rings. The lowest BCUT2D eigenvalue weighted by atomic mass is 9.51. The zero-order valence-electron chi connectivity index (χ0n) is 19.9. The summed E-state index contributed by atoms with van der Waals surface area (Å²) in [6, 6.07) is 9.33. The Hall–Kier alpha value is -1.88. The van der Waals surface area contributed by atoms with Crippen molar-refractivity contribution >= 4 is 11.8 Å². The van der Waals surface area contributed by atoms with Crippen LogP contribution in [0.2, 0.25) is 0 Å². The maximum atomic E-state index is 12.8. The highest BCUT2D eigenvalue weighted by atomic mass is 16.3. The first-order valence-electron chi connectivity index (χ1n) is 11.8. The van der Waals surface area contributed by atoms with E-state index < -0.39 is 6.10 Å². The molecule has 0 spiro atoms. The first-order valence-corrected chi connectivity index (χ1v) is 11.8. The van der Waals surface area contributed by atoms with Crippen LogP contribution in [0.25, 0.3) is 0 Å². The van der Waals surface area contributed by atoms with Crippen LogP contribution in [0.4, 0.5) is 0 Å². The first-order chi connectivity index (χ1) is 14.4. The Morgan fingerprint density at radius 3 is 2.35 bits per heavy atom. The number of aliphatic hydroxyl groups excluding tert-OH is 1. The van der Waals surface area contributed by atoms with Crippen molar-refractivity contribution in [2.45, 2.75) is 84.9 Å². The SMILES string of the molecule is C[C@H]1[C@@H]2[C@@H](O)C([C@H](C)C(=O)NC(C)(C)C)CC[C@@]2(C)CC[C@@H]1NC(=O)c1ccccc1. The van der Waals surface area contributed by atoms with Gasteiger partial charge in [-0.2, -0.15) is 0 Å². The molecule has 0 aromatic heterocycles. The molecule has 2 aliphatic carbocycles. The van der Waals surface area contributed by atoms with Crippen molar-refractivity contribution in [1.82, 2.24) is 10.6 Å². The third-order valence-electron chi connectivity index (χ3n) is 7.79. The van der Waals surface area contributed by atoms with Gasteiger partial charge in [0.05, 0.1) is 6.10 Å². The smallest absolute Gasteiger partial charge is 0.251 e. The molecule has 1 aromatic carbocycles. The van der Waals surface area contributed by atoms with E-state index in [2.05, 4.69) is 24.5 Å². The molecule has 2 fully saturated rings. The Kier molecular flexibility index (Phi) is 6.85. The number of carbonyl (C=O) groups is 2. The van der Waals surface area contributed by atoms with Crippen molar-refractivity contribution in [2.75, 3.05) is 0 Å². The van der Waals surface area contributed by atoms with Gasteiger partial charge >= 0.3 is 0 Å². The van der Waals surface area contributed by atoms with Gasteiger partial charge in [-0.25, -0.2) is 0 Å². The highest BCUT2D eigenvalue weighted by molar-refractivity contribution is 5.94. The van der Waals surface area contributed by atoms with Crippen LogP contribution in [0.3, 0.4) is 0 Å². The molecular formula is C26H40N2O3. The molecule has 1 unspecified atom stereocenters. The van der Waals surface area contributed by atoms with Gasteiger partial charge in [0.2, 0.25) is 5.91 Å². The second-order valence-electron chi connectivity index (χ2n) is 11.2. The van der Waals surface area contributed by atoms with Crippen LogP contribution in [0.5, 0.6) is 0 Å². The molecule has 0 saturated heterocycles. The van der Waals surface area contributed by atoms with Crippen molar-refractivity contribution in [3.05, 3.63) is 35.9 Å². The Morgan fingerprint density at radius 1 is 1.13 bits per heavy atom. The van der Waals surface area contributed by atoms with Crippen LogP contribution < -0.4 is 10.6 Å². The van der Waals surface area contributed by atoms with E-state index >= 15 is 0 Å². The molecule has 0 heterocycles. The molecule has 5 nitrogen and oxygen atoms in total. The number of amides is 2. The summed E-state index contributed by atoms with van der Waals surface area (Å²) in [6.07, 6.45) is 3.22. The predicted octanol–water partition coefficient (Wildman–Crippen LogP) is 4.16. The summed E-state index contributed by atoms with van der Waals surface area (Å²) in [5.41, 5.74) is 0.422. The molecule has 31 heavy (non-hydrogen) atoms. The third kappa shape index (κ3) is 5.14. The molecule has 2 saturated carbocycles. The monoisotopic (exact) mass is 428 g/mol. The van der Waals surface area contributed by atoms with Crippen LogP contribution in [-0.4, -0.2) is 34.6 Å².